The molecule has 0 aliphatic carbocycles. The van der Waals surface area contributed by atoms with Gasteiger partial charge in [0.2, 0.25) is 5.91 Å². The van der Waals surface area contributed by atoms with Gasteiger partial charge < -0.3 is 15.5 Å². The third-order valence-electron chi connectivity index (χ3n) is 5.08. The van der Waals surface area contributed by atoms with Crippen molar-refractivity contribution in [2.45, 2.75) is 39.7 Å². The van der Waals surface area contributed by atoms with Gasteiger partial charge in [0.1, 0.15) is 6.54 Å². The van der Waals surface area contributed by atoms with Crippen molar-refractivity contribution in [2.75, 3.05) is 45.8 Å². The van der Waals surface area contributed by atoms with E-state index in [-0.39, 0.29) is 18.5 Å². The largest absolute Gasteiger partial charge is 0.357 e. The highest BCUT2D eigenvalue weighted by molar-refractivity contribution is 5.85. The van der Waals surface area contributed by atoms with E-state index in [0.717, 1.165) is 52.1 Å². The smallest absolute Gasteiger partial charge is 0.244 e. The van der Waals surface area contributed by atoms with Gasteiger partial charge >= 0.3 is 0 Å². The van der Waals surface area contributed by atoms with Gasteiger partial charge in [-0.2, -0.15) is 0 Å². The standard InChI is InChI=1S/C21H35N5O/c1-4-22-21(24-17-20(27)26-14-10-11-15-26)23-16-19(25(5-2)6-3)18-12-8-7-9-13-18/h7-9,12-13,19H,4-6,10-11,14-17H2,1-3H3,(H2,22,23,24). The molecule has 1 aromatic rings. The minimum atomic E-state index is 0.119. The molecule has 0 saturated carbocycles. The summed E-state index contributed by atoms with van der Waals surface area (Å²) in [7, 11) is 0. The zero-order chi connectivity index (χ0) is 19.5. The van der Waals surface area contributed by atoms with Crippen LogP contribution in [-0.4, -0.2) is 67.5 Å². The van der Waals surface area contributed by atoms with Crippen LogP contribution < -0.4 is 10.6 Å². The second kappa shape index (κ2) is 11.6. The van der Waals surface area contributed by atoms with Crippen LogP contribution in [0.15, 0.2) is 35.3 Å². The Balaban J connectivity index is 2.01. The van der Waals surface area contributed by atoms with Crippen LogP contribution in [-0.2, 0) is 4.79 Å². The first-order valence-corrected chi connectivity index (χ1v) is 10.3. The van der Waals surface area contributed by atoms with Gasteiger partial charge in [0, 0.05) is 26.2 Å². The van der Waals surface area contributed by atoms with Gasteiger partial charge in [0.25, 0.3) is 0 Å². The van der Waals surface area contributed by atoms with Crippen LogP contribution in [0.5, 0.6) is 0 Å². The lowest BCUT2D eigenvalue weighted by Gasteiger charge is -2.30. The summed E-state index contributed by atoms with van der Waals surface area (Å²) in [5.41, 5.74) is 1.29. The van der Waals surface area contributed by atoms with Crippen molar-refractivity contribution < 1.29 is 4.79 Å². The van der Waals surface area contributed by atoms with Crippen molar-refractivity contribution in [3.05, 3.63) is 35.9 Å². The van der Waals surface area contributed by atoms with Crippen LogP contribution in [0.3, 0.4) is 0 Å². The number of nitrogens with one attached hydrogen (secondary N) is 2. The molecular formula is C21H35N5O. The van der Waals surface area contributed by atoms with E-state index in [2.05, 4.69) is 58.6 Å². The highest BCUT2D eigenvalue weighted by Crippen LogP contribution is 2.19. The first kappa shape index (κ1) is 21.2. The number of nitrogens with zero attached hydrogens (tertiary/aromatic N) is 3. The molecule has 1 amide bonds. The van der Waals surface area contributed by atoms with Crippen LogP contribution in [0.25, 0.3) is 0 Å². The molecular weight excluding hydrogens is 338 g/mol. The number of likely N-dealkylation sites (tertiary alicyclic amines) is 1. The molecule has 0 radical (unpaired) electrons. The predicted molar refractivity (Wildman–Crippen MR) is 112 cm³/mol. The van der Waals surface area contributed by atoms with E-state index in [1.807, 2.05) is 17.9 Å². The normalized spacial score (nSPS) is 15.9. The van der Waals surface area contributed by atoms with Crippen molar-refractivity contribution >= 4 is 11.9 Å². The van der Waals surface area contributed by atoms with Gasteiger partial charge in [-0.15, -0.1) is 0 Å². The number of hydrogen-bond acceptors (Lipinski definition) is 3. The Hall–Kier alpha value is -2.08. The quantitative estimate of drug-likeness (QED) is 0.515. The fraction of sp³-hybridized carbons (Fsp3) is 0.619. The van der Waals surface area contributed by atoms with Crippen LogP contribution in [0, 0.1) is 0 Å². The van der Waals surface area contributed by atoms with E-state index >= 15 is 0 Å². The SMILES string of the molecule is CCNC(=NCC(=O)N1CCCC1)NCC(c1ccccc1)N(CC)CC. The van der Waals surface area contributed by atoms with Gasteiger partial charge in [0.15, 0.2) is 5.96 Å². The molecule has 2 rings (SSSR count). The summed E-state index contributed by atoms with van der Waals surface area (Å²) in [6.07, 6.45) is 2.22. The number of guanidine groups is 1. The Morgan fingerprint density at radius 3 is 2.37 bits per heavy atom. The summed E-state index contributed by atoms with van der Waals surface area (Å²) >= 11 is 0. The van der Waals surface area contributed by atoms with Gasteiger partial charge in [-0.1, -0.05) is 44.2 Å². The number of carbonyl (C=O) groups excluding carboxylic acids is 1. The summed E-state index contributed by atoms with van der Waals surface area (Å²) in [5.74, 6) is 0.825. The van der Waals surface area contributed by atoms with Gasteiger partial charge in [-0.3, -0.25) is 9.69 Å². The monoisotopic (exact) mass is 373 g/mol. The molecule has 2 N–H and O–H groups in total. The van der Waals surface area contributed by atoms with Gasteiger partial charge in [-0.25, -0.2) is 4.99 Å². The molecule has 0 spiro atoms. The average molecular weight is 374 g/mol. The number of hydrogen-bond donors (Lipinski definition) is 2. The Morgan fingerprint density at radius 2 is 1.78 bits per heavy atom. The second-order valence-corrected chi connectivity index (χ2v) is 6.81. The summed E-state index contributed by atoms with van der Waals surface area (Å²) in [4.78, 5) is 21.1. The maximum absolute atomic E-state index is 12.3. The first-order valence-electron chi connectivity index (χ1n) is 10.3. The molecule has 1 aliphatic heterocycles. The lowest BCUT2D eigenvalue weighted by Crippen LogP contribution is -2.43. The van der Waals surface area contributed by atoms with Crippen molar-refractivity contribution in [1.29, 1.82) is 0 Å². The number of amides is 1. The van der Waals surface area contributed by atoms with Gasteiger partial charge in [0.05, 0.1) is 6.04 Å². The molecule has 6 nitrogen and oxygen atoms in total. The lowest BCUT2D eigenvalue weighted by atomic mass is 10.1. The van der Waals surface area contributed by atoms with Crippen LogP contribution in [0.2, 0.25) is 0 Å². The third-order valence-corrected chi connectivity index (χ3v) is 5.08. The van der Waals surface area contributed by atoms with E-state index in [9.17, 15) is 4.79 Å². The maximum atomic E-state index is 12.3. The van der Waals surface area contributed by atoms with Gasteiger partial charge in [-0.05, 0) is 38.4 Å². The number of aliphatic imine (C=N–C) groups is 1. The molecule has 1 saturated heterocycles. The molecule has 0 aromatic heterocycles. The zero-order valence-electron chi connectivity index (χ0n) is 17.1. The number of carbonyl (C=O) groups is 1. The number of benzene rings is 1. The van der Waals surface area contributed by atoms with Crippen LogP contribution in [0.4, 0.5) is 0 Å². The van der Waals surface area contributed by atoms with Crippen molar-refractivity contribution in [1.82, 2.24) is 20.4 Å². The van der Waals surface area contributed by atoms with E-state index in [1.165, 1.54) is 5.56 Å². The van der Waals surface area contributed by atoms with Crippen LogP contribution in [0.1, 0.15) is 45.2 Å². The maximum Gasteiger partial charge on any atom is 0.244 e. The summed E-state index contributed by atoms with van der Waals surface area (Å²) in [6, 6.07) is 10.8. The fourth-order valence-electron chi connectivity index (χ4n) is 3.55. The molecule has 1 unspecified atom stereocenters. The number of likely N-dealkylation sites (N-methyl/N-ethyl adjacent to an activating group) is 1. The first-order chi connectivity index (χ1) is 13.2. The van der Waals surface area contributed by atoms with Crippen molar-refractivity contribution in [3.8, 4) is 0 Å². The molecule has 1 fully saturated rings. The third kappa shape index (κ3) is 6.54. The molecule has 0 bridgehead atoms. The summed E-state index contributed by atoms with van der Waals surface area (Å²) < 4.78 is 0. The second-order valence-electron chi connectivity index (χ2n) is 6.81. The molecule has 150 valence electrons. The Kier molecular flexibility index (Phi) is 9.11. The molecule has 1 atom stereocenters. The number of rotatable bonds is 9. The molecule has 27 heavy (non-hydrogen) atoms. The highest BCUT2D eigenvalue weighted by atomic mass is 16.2. The Bertz CT molecular complexity index is 579. The molecule has 1 heterocycles. The molecule has 1 aromatic carbocycles. The summed E-state index contributed by atoms with van der Waals surface area (Å²) in [6.45, 7) is 11.8. The topological polar surface area (TPSA) is 60.0 Å². The van der Waals surface area contributed by atoms with Crippen LogP contribution >= 0.6 is 0 Å². The highest BCUT2D eigenvalue weighted by Gasteiger charge is 2.19. The predicted octanol–water partition coefficient (Wildman–Crippen LogP) is 2.25. The minimum absolute atomic E-state index is 0.119. The van der Waals surface area contributed by atoms with Crippen molar-refractivity contribution in [3.63, 3.8) is 0 Å². The van der Waals surface area contributed by atoms with E-state index in [0.29, 0.717) is 5.96 Å². The van der Waals surface area contributed by atoms with E-state index in [4.69, 9.17) is 0 Å². The molecule has 6 heteroatoms. The zero-order valence-corrected chi connectivity index (χ0v) is 17.1. The van der Waals surface area contributed by atoms with E-state index in [1.54, 1.807) is 0 Å². The lowest BCUT2D eigenvalue weighted by molar-refractivity contribution is -0.128. The minimum Gasteiger partial charge on any atom is -0.357 e. The molecule has 1 aliphatic rings. The summed E-state index contributed by atoms with van der Waals surface area (Å²) in [5, 5.41) is 6.70. The van der Waals surface area contributed by atoms with E-state index < -0.39 is 0 Å². The fourth-order valence-corrected chi connectivity index (χ4v) is 3.55. The van der Waals surface area contributed by atoms with Crippen molar-refractivity contribution in [2.24, 2.45) is 4.99 Å². The Morgan fingerprint density at radius 1 is 1.11 bits per heavy atom. The Labute approximate surface area is 164 Å². The average Bonchev–Trinajstić information content (AvgIpc) is 3.24.